The van der Waals surface area contributed by atoms with Gasteiger partial charge in [0.15, 0.2) is 0 Å². The summed E-state index contributed by atoms with van der Waals surface area (Å²) >= 11 is 0. The van der Waals surface area contributed by atoms with Crippen LogP contribution < -0.4 is 0 Å². The summed E-state index contributed by atoms with van der Waals surface area (Å²) in [7, 11) is 1.75. The van der Waals surface area contributed by atoms with Crippen LogP contribution in [0.4, 0.5) is 0 Å². The van der Waals surface area contributed by atoms with Crippen LogP contribution in [0, 0.1) is 29.6 Å². The summed E-state index contributed by atoms with van der Waals surface area (Å²) in [5.41, 5.74) is 0. The van der Waals surface area contributed by atoms with Crippen LogP contribution in [0.5, 0.6) is 0 Å². The van der Waals surface area contributed by atoms with Gasteiger partial charge in [-0.2, -0.15) is 0 Å². The third-order valence-electron chi connectivity index (χ3n) is 5.15. The molecule has 1 amide bonds. The molecule has 0 spiro atoms. The molecule has 0 saturated carbocycles. The molecule has 21 heavy (non-hydrogen) atoms. The van der Waals surface area contributed by atoms with E-state index in [1.807, 2.05) is 0 Å². The third-order valence-corrected chi connectivity index (χ3v) is 5.15. The van der Waals surface area contributed by atoms with Gasteiger partial charge in [0, 0.05) is 31.5 Å². The van der Waals surface area contributed by atoms with Gasteiger partial charge in [0.25, 0.3) is 0 Å². The van der Waals surface area contributed by atoms with Crippen LogP contribution in [0.25, 0.3) is 0 Å². The van der Waals surface area contributed by atoms with E-state index in [0.29, 0.717) is 35.6 Å². The van der Waals surface area contributed by atoms with E-state index in [1.165, 1.54) is 0 Å². The third kappa shape index (κ3) is 4.45. The zero-order chi connectivity index (χ0) is 16.2. The highest BCUT2D eigenvalue weighted by atomic mass is 16.5. The molecule has 0 N–H and O–H groups in total. The van der Waals surface area contributed by atoms with Gasteiger partial charge in [-0.15, -0.1) is 0 Å². The fourth-order valence-corrected chi connectivity index (χ4v) is 3.83. The van der Waals surface area contributed by atoms with Crippen LogP contribution in [-0.2, 0) is 9.53 Å². The van der Waals surface area contributed by atoms with Crippen LogP contribution in [0.15, 0.2) is 0 Å². The van der Waals surface area contributed by atoms with Gasteiger partial charge < -0.3 is 9.64 Å². The number of hydrogen-bond donors (Lipinski definition) is 0. The highest BCUT2D eigenvalue weighted by Crippen LogP contribution is 2.33. The lowest BCUT2D eigenvalue weighted by atomic mass is 9.81. The quantitative estimate of drug-likeness (QED) is 0.715. The molecule has 0 radical (unpaired) electrons. The molecule has 0 aromatic rings. The molecule has 1 aliphatic rings. The Labute approximate surface area is 131 Å². The Bertz CT molecular complexity index is 327. The van der Waals surface area contributed by atoms with Crippen molar-refractivity contribution in [1.29, 1.82) is 0 Å². The molecule has 4 atom stereocenters. The summed E-state index contributed by atoms with van der Waals surface area (Å²) in [6, 6.07) is 0.378. The van der Waals surface area contributed by atoms with E-state index in [-0.39, 0.29) is 5.92 Å². The standard InChI is InChI=1S/C18H35NO2/c1-8-14(6)17(13(4)5)18(20)19-10-15(11-21-7)9-16(19)12(2)3/h12-17H,8-11H2,1-7H3/t14?,15?,16-,17?/m0/s1. The van der Waals surface area contributed by atoms with Crippen LogP contribution in [0.1, 0.15) is 54.4 Å². The topological polar surface area (TPSA) is 29.5 Å². The van der Waals surface area contributed by atoms with Crippen molar-refractivity contribution < 1.29 is 9.53 Å². The molecule has 0 aromatic carbocycles. The van der Waals surface area contributed by atoms with Crippen molar-refractivity contribution in [1.82, 2.24) is 4.90 Å². The normalized spacial score (nSPS) is 25.7. The summed E-state index contributed by atoms with van der Waals surface area (Å²) in [5.74, 6) is 2.39. The Morgan fingerprint density at radius 3 is 2.29 bits per heavy atom. The maximum absolute atomic E-state index is 13.1. The minimum atomic E-state index is 0.151. The molecular weight excluding hydrogens is 262 g/mol. The van der Waals surface area contributed by atoms with Crippen LogP contribution in [0.2, 0.25) is 0 Å². The van der Waals surface area contributed by atoms with E-state index in [4.69, 9.17) is 4.74 Å². The summed E-state index contributed by atoms with van der Waals surface area (Å²) in [5, 5.41) is 0. The molecule has 3 unspecified atom stereocenters. The molecule has 1 heterocycles. The maximum Gasteiger partial charge on any atom is 0.226 e. The summed E-state index contributed by atoms with van der Waals surface area (Å²) < 4.78 is 5.32. The Balaban J connectivity index is 2.90. The first-order valence-corrected chi connectivity index (χ1v) is 8.62. The van der Waals surface area contributed by atoms with E-state index in [9.17, 15) is 4.79 Å². The van der Waals surface area contributed by atoms with Crippen molar-refractivity contribution in [2.24, 2.45) is 29.6 Å². The van der Waals surface area contributed by atoms with Crippen LogP contribution in [-0.4, -0.2) is 37.1 Å². The van der Waals surface area contributed by atoms with Gasteiger partial charge in [-0.3, -0.25) is 4.79 Å². The van der Waals surface area contributed by atoms with Crippen molar-refractivity contribution in [3.63, 3.8) is 0 Å². The van der Waals surface area contributed by atoms with Gasteiger partial charge in [-0.05, 0) is 24.2 Å². The summed E-state index contributed by atoms with van der Waals surface area (Å²) in [4.78, 5) is 15.3. The second-order valence-corrected chi connectivity index (χ2v) is 7.51. The van der Waals surface area contributed by atoms with E-state index >= 15 is 0 Å². The van der Waals surface area contributed by atoms with E-state index in [0.717, 1.165) is 26.0 Å². The van der Waals surface area contributed by atoms with Crippen molar-refractivity contribution in [3.8, 4) is 0 Å². The van der Waals surface area contributed by atoms with Crippen molar-refractivity contribution in [2.75, 3.05) is 20.3 Å². The number of amides is 1. The van der Waals surface area contributed by atoms with Gasteiger partial charge in [0.05, 0.1) is 6.61 Å². The van der Waals surface area contributed by atoms with Crippen molar-refractivity contribution >= 4 is 5.91 Å². The molecule has 0 aromatic heterocycles. The number of carbonyl (C=O) groups excluding carboxylic acids is 1. The number of carbonyl (C=O) groups is 1. The fraction of sp³-hybridized carbons (Fsp3) is 0.944. The second-order valence-electron chi connectivity index (χ2n) is 7.51. The van der Waals surface area contributed by atoms with Crippen molar-refractivity contribution in [2.45, 2.75) is 60.4 Å². The highest BCUT2D eigenvalue weighted by Gasteiger charge is 2.40. The zero-order valence-electron chi connectivity index (χ0n) is 15.1. The van der Waals surface area contributed by atoms with E-state index in [1.54, 1.807) is 7.11 Å². The minimum Gasteiger partial charge on any atom is -0.384 e. The first-order chi connectivity index (χ1) is 9.83. The number of ether oxygens (including phenoxy) is 1. The molecule has 124 valence electrons. The lowest BCUT2D eigenvalue weighted by Gasteiger charge is -2.35. The van der Waals surface area contributed by atoms with Gasteiger partial charge in [-0.1, -0.05) is 48.0 Å². The van der Waals surface area contributed by atoms with Gasteiger partial charge in [-0.25, -0.2) is 0 Å². The molecule has 0 bridgehead atoms. The Morgan fingerprint density at radius 1 is 1.24 bits per heavy atom. The first-order valence-electron chi connectivity index (χ1n) is 8.62. The number of likely N-dealkylation sites (tertiary alicyclic amines) is 1. The Hall–Kier alpha value is -0.570. The van der Waals surface area contributed by atoms with Gasteiger partial charge in [0.2, 0.25) is 5.91 Å². The Kier molecular flexibility index (Phi) is 7.19. The monoisotopic (exact) mass is 297 g/mol. The van der Waals surface area contributed by atoms with Crippen LogP contribution >= 0.6 is 0 Å². The average molecular weight is 297 g/mol. The Morgan fingerprint density at radius 2 is 1.86 bits per heavy atom. The lowest BCUT2D eigenvalue weighted by molar-refractivity contribution is -0.140. The molecule has 1 saturated heterocycles. The smallest absolute Gasteiger partial charge is 0.226 e. The number of hydrogen-bond acceptors (Lipinski definition) is 2. The lowest BCUT2D eigenvalue weighted by Crippen LogP contribution is -2.45. The average Bonchev–Trinajstić information content (AvgIpc) is 2.82. The largest absolute Gasteiger partial charge is 0.384 e. The zero-order valence-corrected chi connectivity index (χ0v) is 15.1. The number of nitrogens with zero attached hydrogens (tertiary/aromatic N) is 1. The molecule has 1 fully saturated rings. The molecular formula is C18H35NO2. The number of rotatable bonds is 7. The molecule has 1 aliphatic heterocycles. The molecule has 3 heteroatoms. The highest BCUT2D eigenvalue weighted by molar-refractivity contribution is 5.80. The van der Waals surface area contributed by atoms with Crippen molar-refractivity contribution in [3.05, 3.63) is 0 Å². The number of methoxy groups -OCH3 is 1. The maximum atomic E-state index is 13.1. The second kappa shape index (κ2) is 8.17. The molecule has 3 nitrogen and oxygen atoms in total. The fourth-order valence-electron chi connectivity index (χ4n) is 3.83. The summed E-state index contributed by atoms with van der Waals surface area (Å²) in [6.45, 7) is 14.9. The van der Waals surface area contributed by atoms with Crippen LogP contribution in [0.3, 0.4) is 0 Å². The first kappa shape index (κ1) is 18.5. The minimum absolute atomic E-state index is 0.151. The summed E-state index contributed by atoms with van der Waals surface area (Å²) in [6.07, 6.45) is 2.15. The van der Waals surface area contributed by atoms with E-state index < -0.39 is 0 Å². The SMILES string of the molecule is CCC(C)C(C(=O)N1CC(COC)C[C@H]1C(C)C)C(C)C. The molecule has 0 aliphatic carbocycles. The predicted molar refractivity (Wildman–Crippen MR) is 88.1 cm³/mol. The van der Waals surface area contributed by atoms with E-state index in [2.05, 4.69) is 46.4 Å². The van der Waals surface area contributed by atoms with Gasteiger partial charge >= 0.3 is 0 Å². The predicted octanol–water partition coefficient (Wildman–Crippen LogP) is 3.82. The molecule has 1 rings (SSSR count). The van der Waals surface area contributed by atoms with Gasteiger partial charge in [0.1, 0.15) is 0 Å².